The van der Waals surface area contributed by atoms with E-state index in [0.717, 1.165) is 7.05 Å². The molecule has 2 N–H and O–H groups in total. The van der Waals surface area contributed by atoms with Gasteiger partial charge in [-0.3, -0.25) is 0 Å². The molecule has 1 aromatic heterocycles. The molecule has 0 aromatic carbocycles. The van der Waals surface area contributed by atoms with E-state index >= 15 is 0 Å². The van der Waals surface area contributed by atoms with Crippen LogP contribution >= 0.6 is 0 Å². The Morgan fingerprint density at radius 2 is 1.83 bits per heavy atom. The van der Waals surface area contributed by atoms with Gasteiger partial charge in [-0.15, -0.1) is 0 Å². The molecule has 1 heterocycles. The van der Waals surface area contributed by atoms with Gasteiger partial charge in [-0.2, -0.15) is 31.4 Å². The SMILES string of the molecule is CN(O)CC(O)c1cc(C(F)(F)F)nc2c1=CCCC=2C(F)(F)F. The predicted octanol–water partition coefficient (Wildman–Crippen LogP) is 1.74. The van der Waals surface area contributed by atoms with Crippen LogP contribution in [0, 0.1) is 0 Å². The molecule has 1 unspecified atom stereocenters. The van der Waals surface area contributed by atoms with Crippen molar-refractivity contribution in [2.24, 2.45) is 0 Å². The fourth-order valence-electron chi connectivity index (χ4n) is 2.54. The number of pyridine rings is 1. The number of alkyl halides is 6. The minimum atomic E-state index is -4.97. The van der Waals surface area contributed by atoms with E-state index in [9.17, 15) is 31.4 Å². The second kappa shape index (κ2) is 6.34. The summed E-state index contributed by atoms with van der Waals surface area (Å²) in [6, 6.07) is 0.517. The fraction of sp³-hybridized carbons (Fsp3) is 0.500. The predicted molar refractivity (Wildman–Crippen MR) is 71.0 cm³/mol. The van der Waals surface area contributed by atoms with Crippen LogP contribution in [0.5, 0.6) is 0 Å². The second-order valence-electron chi connectivity index (χ2n) is 5.43. The van der Waals surface area contributed by atoms with Gasteiger partial charge in [0, 0.05) is 12.3 Å². The summed E-state index contributed by atoms with van der Waals surface area (Å²) in [6.07, 6.45) is -10.6. The van der Waals surface area contributed by atoms with Gasteiger partial charge in [-0.25, -0.2) is 4.98 Å². The Morgan fingerprint density at radius 1 is 1.21 bits per heavy atom. The van der Waals surface area contributed by atoms with Crippen molar-refractivity contribution in [2.75, 3.05) is 13.6 Å². The van der Waals surface area contributed by atoms with Crippen molar-refractivity contribution in [3.63, 3.8) is 0 Å². The number of aliphatic hydroxyl groups is 1. The second-order valence-corrected chi connectivity index (χ2v) is 5.43. The van der Waals surface area contributed by atoms with Crippen LogP contribution in [0.4, 0.5) is 26.3 Å². The molecule has 0 fully saturated rings. The average Bonchev–Trinajstić information content (AvgIpc) is 2.42. The Balaban J connectivity index is 2.83. The van der Waals surface area contributed by atoms with Crippen LogP contribution in [0.1, 0.15) is 30.2 Å². The number of likely N-dealkylation sites (N-methyl/N-ethyl adjacent to an activating group) is 1. The minimum Gasteiger partial charge on any atom is -0.387 e. The van der Waals surface area contributed by atoms with E-state index in [1.807, 2.05) is 0 Å². The molecule has 0 saturated carbocycles. The van der Waals surface area contributed by atoms with Crippen LogP contribution < -0.4 is 10.6 Å². The molecule has 0 spiro atoms. The molecule has 0 saturated heterocycles. The molecule has 0 bridgehead atoms. The topological polar surface area (TPSA) is 56.6 Å². The monoisotopic (exact) mass is 356 g/mol. The number of nitrogens with zero attached hydrogens (tertiary/aromatic N) is 2. The Labute approximate surface area is 132 Å². The van der Waals surface area contributed by atoms with Crippen LogP contribution in [-0.4, -0.2) is 40.1 Å². The Kier molecular flexibility index (Phi) is 4.93. The molecule has 1 aliphatic carbocycles. The van der Waals surface area contributed by atoms with E-state index < -0.39 is 48.0 Å². The van der Waals surface area contributed by atoms with Crippen LogP contribution in [0.2, 0.25) is 0 Å². The number of hydrogen-bond acceptors (Lipinski definition) is 4. The summed E-state index contributed by atoms with van der Waals surface area (Å²) in [5, 5.41) is 18.7. The highest BCUT2D eigenvalue weighted by molar-refractivity contribution is 5.55. The van der Waals surface area contributed by atoms with Gasteiger partial charge in [0.1, 0.15) is 5.69 Å². The molecule has 0 radical (unpaired) electrons. The summed E-state index contributed by atoms with van der Waals surface area (Å²) >= 11 is 0. The summed E-state index contributed by atoms with van der Waals surface area (Å²) in [5.41, 5.74) is -3.03. The molecule has 0 amide bonds. The Bertz CT molecular complexity index is 739. The van der Waals surface area contributed by atoms with Crippen molar-refractivity contribution >= 4 is 11.6 Å². The first-order valence-corrected chi connectivity index (χ1v) is 6.88. The van der Waals surface area contributed by atoms with Crippen LogP contribution in [0.25, 0.3) is 11.6 Å². The van der Waals surface area contributed by atoms with E-state index in [1.54, 1.807) is 0 Å². The van der Waals surface area contributed by atoms with Crippen molar-refractivity contribution < 1.29 is 36.7 Å². The molecule has 2 rings (SSSR count). The van der Waals surface area contributed by atoms with Gasteiger partial charge in [-0.1, -0.05) is 6.08 Å². The van der Waals surface area contributed by atoms with Crippen molar-refractivity contribution in [1.29, 1.82) is 0 Å². The summed E-state index contributed by atoms with van der Waals surface area (Å²) in [5.74, 6) is 0. The lowest BCUT2D eigenvalue weighted by Crippen LogP contribution is -2.42. The van der Waals surface area contributed by atoms with Gasteiger partial charge in [0.05, 0.1) is 23.6 Å². The maximum absolute atomic E-state index is 13.1. The molecule has 10 heteroatoms. The Morgan fingerprint density at radius 3 is 2.33 bits per heavy atom. The zero-order valence-corrected chi connectivity index (χ0v) is 12.4. The first-order valence-electron chi connectivity index (χ1n) is 6.88. The highest BCUT2D eigenvalue weighted by Gasteiger charge is 2.38. The molecule has 4 nitrogen and oxygen atoms in total. The average molecular weight is 356 g/mol. The summed E-state index contributed by atoms with van der Waals surface area (Å²) < 4.78 is 78.3. The zero-order valence-electron chi connectivity index (χ0n) is 12.4. The lowest BCUT2D eigenvalue weighted by atomic mass is 9.97. The number of aliphatic hydroxyl groups excluding tert-OH is 1. The van der Waals surface area contributed by atoms with Gasteiger partial charge in [0.2, 0.25) is 0 Å². The van der Waals surface area contributed by atoms with Gasteiger partial charge in [0.15, 0.2) is 0 Å². The molecule has 134 valence electrons. The molecular formula is C14H14F6N2O2. The molecule has 1 atom stereocenters. The lowest BCUT2D eigenvalue weighted by molar-refractivity contribution is -0.141. The molecule has 24 heavy (non-hydrogen) atoms. The van der Waals surface area contributed by atoms with Crippen molar-refractivity contribution in [3.05, 3.63) is 27.9 Å². The highest BCUT2D eigenvalue weighted by Crippen LogP contribution is 2.32. The number of halogens is 6. The van der Waals surface area contributed by atoms with Gasteiger partial charge >= 0.3 is 12.4 Å². The van der Waals surface area contributed by atoms with Crippen molar-refractivity contribution in [1.82, 2.24) is 10.0 Å². The quantitative estimate of drug-likeness (QED) is 0.640. The first-order chi connectivity index (χ1) is 10.9. The fourth-order valence-corrected chi connectivity index (χ4v) is 2.54. The van der Waals surface area contributed by atoms with E-state index in [0.29, 0.717) is 11.1 Å². The largest absolute Gasteiger partial charge is 0.433 e. The number of aromatic nitrogens is 1. The van der Waals surface area contributed by atoms with Gasteiger partial charge < -0.3 is 10.3 Å². The summed E-state index contributed by atoms with van der Waals surface area (Å²) in [7, 11) is 1.15. The third kappa shape index (κ3) is 3.87. The standard InChI is InChI=1S/C14H14F6N2O2/c1-22(24)6-10(23)8-5-11(14(18,19)20)21-12-7(8)3-2-4-9(12)13(15,16)17/h3,5,10,23-24H,2,4,6H2,1H3. The zero-order chi connectivity index (χ0) is 18.3. The van der Waals surface area contributed by atoms with E-state index in [-0.39, 0.29) is 17.2 Å². The third-order valence-corrected chi connectivity index (χ3v) is 3.55. The number of rotatable bonds is 3. The van der Waals surface area contributed by atoms with E-state index in [1.165, 1.54) is 6.08 Å². The highest BCUT2D eigenvalue weighted by atomic mass is 19.4. The van der Waals surface area contributed by atoms with Crippen molar-refractivity contribution in [3.8, 4) is 0 Å². The molecule has 1 aliphatic rings. The van der Waals surface area contributed by atoms with E-state index in [4.69, 9.17) is 5.21 Å². The maximum atomic E-state index is 13.1. The smallest absolute Gasteiger partial charge is 0.387 e. The van der Waals surface area contributed by atoms with Gasteiger partial charge in [-0.05, 0) is 24.5 Å². The number of hydrogen-bond donors (Lipinski definition) is 2. The Hall–Kier alpha value is -1.65. The maximum Gasteiger partial charge on any atom is 0.433 e. The van der Waals surface area contributed by atoms with Crippen molar-refractivity contribution in [2.45, 2.75) is 31.3 Å². The third-order valence-electron chi connectivity index (χ3n) is 3.55. The van der Waals surface area contributed by atoms with E-state index in [2.05, 4.69) is 4.98 Å². The lowest BCUT2D eigenvalue weighted by Gasteiger charge is -2.20. The van der Waals surface area contributed by atoms with Gasteiger partial charge in [0.25, 0.3) is 0 Å². The van der Waals surface area contributed by atoms with Crippen LogP contribution in [-0.2, 0) is 6.18 Å². The summed E-state index contributed by atoms with van der Waals surface area (Å²) in [6.45, 7) is -0.469. The normalized spacial score (nSPS) is 16.8. The minimum absolute atomic E-state index is 0.0381. The molecular weight excluding hydrogens is 342 g/mol. The van der Waals surface area contributed by atoms with Crippen LogP contribution in [0.15, 0.2) is 6.07 Å². The molecule has 1 aromatic rings. The number of fused-ring (bicyclic) bond motifs is 1. The number of hydroxylamine groups is 2. The van der Waals surface area contributed by atoms with Crippen LogP contribution in [0.3, 0.4) is 0 Å². The summed E-state index contributed by atoms with van der Waals surface area (Å²) in [4.78, 5) is 3.15. The molecule has 0 aliphatic heterocycles. The first kappa shape index (κ1) is 18.7.